The van der Waals surface area contributed by atoms with Crippen LogP contribution in [0.4, 0.5) is 15.8 Å². The summed E-state index contributed by atoms with van der Waals surface area (Å²) in [6, 6.07) is 5.53. The maximum Gasteiger partial charge on any atom is 0.345 e. The number of nitrogens with zero attached hydrogens (tertiary/aromatic N) is 4. The Kier molecular flexibility index (Phi) is 5.92. The van der Waals surface area contributed by atoms with Crippen LogP contribution >= 0.6 is 34.5 Å². The molecule has 0 bridgehead atoms. The highest BCUT2D eigenvalue weighted by atomic mass is 35.5. The number of benzene rings is 1. The van der Waals surface area contributed by atoms with E-state index in [1.165, 1.54) is 0 Å². The highest BCUT2D eigenvalue weighted by Crippen LogP contribution is 2.28. The van der Waals surface area contributed by atoms with E-state index in [1.54, 1.807) is 6.07 Å². The molecule has 26 heavy (non-hydrogen) atoms. The van der Waals surface area contributed by atoms with E-state index in [0.717, 1.165) is 36.3 Å². The zero-order chi connectivity index (χ0) is 18.7. The van der Waals surface area contributed by atoms with E-state index in [2.05, 4.69) is 15.2 Å². The van der Waals surface area contributed by atoms with Crippen LogP contribution in [0.5, 0.6) is 0 Å². The maximum absolute atomic E-state index is 12.1. The average Bonchev–Trinajstić information content (AvgIpc) is 3.07. The maximum atomic E-state index is 12.1. The Hall–Kier alpha value is -1.94. The normalized spacial score (nSPS) is 15.1. The van der Waals surface area contributed by atoms with Crippen LogP contribution in [0.2, 0.25) is 10.0 Å². The number of nitrogens with one attached hydrogen (secondary N) is 1. The zero-order valence-corrected chi connectivity index (χ0v) is 15.9. The zero-order valence-electron chi connectivity index (χ0n) is 13.5. The van der Waals surface area contributed by atoms with Gasteiger partial charge in [0.25, 0.3) is 0 Å². The summed E-state index contributed by atoms with van der Waals surface area (Å²) in [6.45, 7) is 3.15. The molecule has 1 saturated heterocycles. The smallest absolute Gasteiger partial charge is 0.345 e. The van der Waals surface area contributed by atoms with Crippen LogP contribution in [-0.2, 0) is 4.79 Å². The number of piperazine rings is 1. The lowest BCUT2D eigenvalue weighted by Gasteiger charge is -2.35. The molecule has 1 aromatic heterocycles. The molecule has 8 nitrogen and oxygen atoms in total. The van der Waals surface area contributed by atoms with Crippen molar-refractivity contribution in [2.45, 2.75) is 0 Å². The number of nitro groups is 1. The molecule has 0 atom stereocenters. The van der Waals surface area contributed by atoms with E-state index < -0.39 is 4.92 Å². The molecule has 0 spiro atoms. The first-order valence-corrected chi connectivity index (χ1v) is 9.32. The first kappa shape index (κ1) is 18.8. The molecule has 1 N–H and O–H groups in total. The van der Waals surface area contributed by atoms with Crippen LogP contribution in [-0.4, -0.2) is 53.4 Å². The largest absolute Gasteiger partial charge is 0.369 e. The van der Waals surface area contributed by atoms with Crippen molar-refractivity contribution < 1.29 is 9.72 Å². The lowest BCUT2D eigenvalue weighted by atomic mass is 10.2. The van der Waals surface area contributed by atoms with Crippen molar-refractivity contribution in [2.75, 3.05) is 42.9 Å². The molecule has 1 aromatic carbocycles. The van der Waals surface area contributed by atoms with Gasteiger partial charge in [0.1, 0.15) is 6.20 Å². The van der Waals surface area contributed by atoms with Crippen LogP contribution in [0.15, 0.2) is 24.4 Å². The number of amides is 1. The number of hydrogen-bond donors (Lipinski definition) is 1. The number of rotatable bonds is 5. The van der Waals surface area contributed by atoms with Crippen molar-refractivity contribution in [3.63, 3.8) is 0 Å². The summed E-state index contributed by atoms with van der Waals surface area (Å²) in [7, 11) is 0. The van der Waals surface area contributed by atoms with Gasteiger partial charge in [-0.15, -0.1) is 0 Å². The lowest BCUT2D eigenvalue weighted by Crippen LogP contribution is -2.48. The summed E-state index contributed by atoms with van der Waals surface area (Å²) in [5.74, 6) is -0.239. The van der Waals surface area contributed by atoms with E-state index in [4.69, 9.17) is 23.2 Å². The molecular weight excluding hydrogens is 401 g/mol. The number of carbonyl (C=O) groups is 1. The lowest BCUT2D eigenvalue weighted by molar-refractivity contribution is -0.380. The summed E-state index contributed by atoms with van der Waals surface area (Å²) < 4.78 is 0. The third-order valence-corrected chi connectivity index (χ3v) is 5.53. The molecule has 0 aliphatic carbocycles. The molecule has 0 saturated carbocycles. The van der Waals surface area contributed by atoms with Crippen molar-refractivity contribution in [3.05, 3.63) is 44.6 Å². The third kappa shape index (κ3) is 4.61. The van der Waals surface area contributed by atoms with E-state index in [-0.39, 0.29) is 22.6 Å². The highest BCUT2D eigenvalue weighted by molar-refractivity contribution is 7.18. The Bertz CT molecular complexity index is 823. The van der Waals surface area contributed by atoms with Gasteiger partial charge in [-0.2, -0.15) is 0 Å². The molecule has 1 amide bonds. The quantitative estimate of drug-likeness (QED) is 0.595. The van der Waals surface area contributed by atoms with Crippen molar-refractivity contribution >= 4 is 56.3 Å². The Morgan fingerprint density at radius 3 is 2.62 bits per heavy atom. The van der Waals surface area contributed by atoms with E-state index in [0.29, 0.717) is 23.1 Å². The fraction of sp³-hybridized carbons (Fsp3) is 0.333. The van der Waals surface area contributed by atoms with Crippen molar-refractivity contribution in [1.29, 1.82) is 0 Å². The summed E-state index contributed by atoms with van der Waals surface area (Å²) >= 11 is 12.8. The minimum atomic E-state index is -0.532. The molecule has 3 rings (SSSR count). The van der Waals surface area contributed by atoms with Gasteiger partial charge in [0.15, 0.2) is 5.13 Å². The molecule has 11 heteroatoms. The van der Waals surface area contributed by atoms with Gasteiger partial charge in [0.2, 0.25) is 5.91 Å². The highest BCUT2D eigenvalue weighted by Gasteiger charge is 2.21. The van der Waals surface area contributed by atoms with Crippen LogP contribution in [0.25, 0.3) is 0 Å². The monoisotopic (exact) mass is 415 g/mol. The second-order valence-electron chi connectivity index (χ2n) is 5.67. The predicted octanol–water partition coefficient (Wildman–Crippen LogP) is 3.12. The molecule has 1 fully saturated rings. The summed E-state index contributed by atoms with van der Waals surface area (Å²) in [5.41, 5.74) is 0.999. The number of halogens is 2. The topological polar surface area (TPSA) is 91.6 Å². The Morgan fingerprint density at radius 1 is 1.27 bits per heavy atom. The van der Waals surface area contributed by atoms with E-state index in [9.17, 15) is 14.9 Å². The third-order valence-electron chi connectivity index (χ3n) is 3.93. The average molecular weight is 416 g/mol. The van der Waals surface area contributed by atoms with Gasteiger partial charge < -0.3 is 10.2 Å². The van der Waals surface area contributed by atoms with Crippen LogP contribution in [0.1, 0.15) is 0 Å². The number of anilines is 2. The van der Waals surface area contributed by atoms with Gasteiger partial charge in [0.05, 0.1) is 21.5 Å². The number of aromatic nitrogens is 1. The number of carbonyl (C=O) groups excluding carboxylic acids is 1. The minimum Gasteiger partial charge on any atom is -0.369 e. The van der Waals surface area contributed by atoms with Gasteiger partial charge in [-0.25, -0.2) is 4.98 Å². The van der Waals surface area contributed by atoms with Crippen molar-refractivity contribution in [3.8, 4) is 0 Å². The standard InChI is InChI=1S/C15H15Cl2N5O3S/c16-11-2-1-10(7-12(11)17)21-5-3-20(4-6-21)9-13(23)19-15-18-8-14(26-15)22(24)25/h1-2,7-8H,3-6,9H2,(H,18,19,23). The van der Waals surface area contributed by atoms with Crippen LogP contribution in [0, 0.1) is 10.1 Å². The second-order valence-corrected chi connectivity index (χ2v) is 7.49. The summed E-state index contributed by atoms with van der Waals surface area (Å²) in [5, 5.41) is 14.4. The Labute approximate surface area is 163 Å². The number of hydrogen-bond acceptors (Lipinski definition) is 7. The van der Waals surface area contributed by atoms with Gasteiger partial charge in [-0.05, 0) is 29.5 Å². The van der Waals surface area contributed by atoms with Crippen molar-refractivity contribution in [1.82, 2.24) is 9.88 Å². The molecule has 1 aliphatic rings. The molecule has 1 aliphatic heterocycles. The Balaban J connectivity index is 1.49. The molecule has 2 aromatic rings. The van der Waals surface area contributed by atoms with Gasteiger partial charge in [-0.1, -0.05) is 23.2 Å². The van der Waals surface area contributed by atoms with E-state index >= 15 is 0 Å². The molecule has 0 unspecified atom stereocenters. The first-order valence-electron chi connectivity index (χ1n) is 7.75. The fourth-order valence-corrected chi connectivity index (χ4v) is 3.56. The molecule has 138 valence electrons. The molecule has 0 radical (unpaired) electrons. The molecular formula is C15H15Cl2N5O3S. The second kappa shape index (κ2) is 8.17. The van der Waals surface area contributed by atoms with Gasteiger partial charge >= 0.3 is 5.00 Å². The predicted molar refractivity (Wildman–Crippen MR) is 103 cm³/mol. The first-order chi connectivity index (χ1) is 12.4. The number of thiazole rings is 1. The van der Waals surface area contributed by atoms with Crippen molar-refractivity contribution in [2.24, 2.45) is 0 Å². The van der Waals surface area contributed by atoms with Gasteiger partial charge in [-0.3, -0.25) is 19.8 Å². The van der Waals surface area contributed by atoms with Gasteiger partial charge in [0, 0.05) is 31.9 Å². The summed E-state index contributed by atoms with van der Waals surface area (Å²) in [4.78, 5) is 30.2. The van der Waals surface area contributed by atoms with Crippen LogP contribution < -0.4 is 10.2 Å². The molecule has 2 heterocycles. The minimum absolute atomic E-state index is 0.101. The SMILES string of the molecule is O=C(CN1CCN(c2ccc(Cl)c(Cl)c2)CC1)Nc1ncc([N+](=O)[O-])s1. The van der Waals surface area contributed by atoms with Crippen LogP contribution in [0.3, 0.4) is 0 Å². The Morgan fingerprint density at radius 2 is 2.00 bits per heavy atom. The fourth-order valence-electron chi connectivity index (χ4n) is 2.62. The van der Waals surface area contributed by atoms with E-state index in [1.807, 2.05) is 17.0 Å². The summed E-state index contributed by atoms with van der Waals surface area (Å²) in [6.07, 6.45) is 1.14.